The van der Waals surface area contributed by atoms with Gasteiger partial charge >= 0.3 is 0 Å². The molecule has 0 fully saturated rings. The number of carbonyl (C=O) groups is 1. The fourth-order valence-electron chi connectivity index (χ4n) is 1.31. The van der Waals surface area contributed by atoms with Gasteiger partial charge in [0.15, 0.2) is 0 Å². The van der Waals surface area contributed by atoms with Gasteiger partial charge in [0.2, 0.25) is 5.91 Å². The molecule has 104 valence electrons. The van der Waals surface area contributed by atoms with Crippen LogP contribution in [0.4, 0.5) is 0 Å². The molecular weight excluding hydrogens is 277 g/mol. The van der Waals surface area contributed by atoms with Gasteiger partial charge in [-0.2, -0.15) is 0 Å². The molecule has 0 aromatic carbocycles. The molecule has 5 nitrogen and oxygen atoms in total. The van der Waals surface area contributed by atoms with E-state index in [1.807, 2.05) is 6.92 Å². The van der Waals surface area contributed by atoms with E-state index in [2.05, 4.69) is 4.98 Å². The number of hydrogen-bond acceptors (Lipinski definition) is 4. The van der Waals surface area contributed by atoms with Crippen LogP contribution in [-0.2, 0) is 4.79 Å². The molecule has 1 aromatic rings. The van der Waals surface area contributed by atoms with E-state index in [1.54, 1.807) is 31.6 Å². The molecule has 0 aliphatic heterocycles. The molecule has 0 spiro atoms. The van der Waals surface area contributed by atoms with Crippen LogP contribution in [0, 0.1) is 0 Å². The van der Waals surface area contributed by atoms with Gasteiger partial charge in [0.25, 0.3) is 0 Å². The number of hydrogen-bond donors (Lipinski definition) is 2. The number of aliphatic hydroxyl groups excluding tert-OH is 1. The molecule has 2 atom stereocenters. The summed E-state index contributed by atoms with van der Waals surface area (Å²) in [5.41, 5.74) is 6.31. The number of nitrogens with zero attached hydrogens (tertiary/aromatic N) is 2. The summed E-state index contributed by atoms with van der Waals surface area (Å²) in [7, 11) is 1.65. The van der Waals surface area contributed by atoms with Crippen LogP contribution in [0.3, 0.4) is 0 Å². The monoisotopic (exact) mass is 295 g/mol. The minimum absolute atomic E-state index is 0. The maximum atomic E-state index is 11.7. The number of likely N-dealkylation sites (N-methyl/N-ethyl adjacent to an activating group) is 1. The van der Waals surface area contributed by atoms with Crippen molar-refractivity contribution < 1.29 is 9.90 Å². The minimum Gasteiger partial charge on any atom is -0.386 e. The molecule has 1 rings (SSSR count). The molecule has 0 radical (unpaired) electrons. The van der Waals surface area contributed by atoms with E-state index in [0.717, 1.165) is 0 Å². The Morgan fingerprint density at radius 1 is 1.44 bits per heavy atom. The van der Waals surface area contributed by atoms with Gasteiger partial charge in [-0.25, -0.2) is 0 Å². The smallest absolute Gasteiger partial charge is 0.242 e. The van der Waals surface area contributed by atoms with E-state index in [1.165, 1.54) is 4.90 Å². The molecule has 3 N–H and O–H groups in total. The maximum Gasteiger partial charge on any atom is 0.242 e. The zero-order chi connectivity index (χ0) is 12.1. The summed E-state index contributed by atoms with van der Waals surface area (Å²) in [5, 5.41) is 9.90. The fourth-order valence-corrected chi connectivity index (χ4v) is 1.31. The Morgan fingerprint density at radius 2 is 1.94 bits per heavy atom. The molecule has 0 aliphatic rings. The van der Waals surface area contributed by atoms with Crippen LogP contribution in [0.2, 0.25) is 0 Å². The van der Waals surface area contributed by atoms with Gasteiger partial charge in [0.1, 0.15) is 12.1 Å². The molecule has 0 bridgehead atoms. The average Bonchev–Trinajstić information content (AvgIpc) is 2.36. The molecule has 0 aliphatic carbocycles. The quantitative estimate of drug-likeness (QED) is 0.860. The van der Waals surface area contributed by atoms with E-state index in [9.17, 15) is 9.90 Å². The highest BCUT2D eigenvalue weighted by Gasteiger charge is 2.25. The fraction of sp³-hybridized carbons (Fsp3) is 0.455. The van der Waals surface area contributed by atoms with Gasteiger partial charge in [0.05, 0.1) is 0 Å². The second-order valence-corrected chi connectivity index (χ2v) is 3.60. The van der Waals surface area contributed by atoms with Crippen LogP contribution in [0.15, 0.2) is 24.5 Å². The zero-order valence-electron chi connectivity index (χ0n) is 10.3. The molecule has 1 heterocycles. The molecule has 1 aromatic heterocycles. The number of aliphatic hydroxyl groups is 1. The van der Waals surface area contributed by atoms with E-state index in [-0.39, 0.29) is 30.7 Å². The summed E-state index contributed by atoms with van der Waals surface area (Å²) in [5.74, 6) is -0.271. The Balaban J connectivity index is 0. The van der Waals surface area contributed by atoms with Crippen molar-refractivity contribution in [1.29, 1.82) is 0 Å². The zero-order valence-corrected chi connectivity index (χ0v) is 11.9. The van der Waals surface area contributed by atoms with Crippen LogP contribution in [0.5, 0.6) is 0 Å². The van der Waals surface area contributed by atoms with Crippen LogP contribution >= 0.6 is 24.8 Å². The summed E-state index contributed by atoms with van der Waals surface area (Å²) >= 11 is 0. The first-order chi connectivity index (χ1) is 7.57. The number of halogens is 2. The molecule has 18 heavy (non-hydrogen) atoms. The summed E-state index contributed by atoms with van der Waals surface area (Å²) in [6.45, 7) is 2.42. The second kappa shape index (κ2) is 9.10. The molecule has 0 saturated heterocycles. The van der Waals surface area contributed by atoms with Crippen LogP contribution in [0.1, 0.15) is 18.6 Å². The van der Waals surface area contributed by atoms with Crippen molar-refractivity contribution in [2.45, 2.75) is 19.1 Å². The van der Waals surface area contributed by atoms with Crippen molar-refractivity contribution in [3.8, 4) is 0 Å². The van der Waals surface area contributed by atoms with Gasteiger partial charge in [-0.1, -0.05) is 0 Å². The van der Waals surface area contributed by atoms with E-state index in [4.69, 9.17) is 5.73 Å². The average molecular weight is 296 g/mol. The van der Waals surface area contributed by atoms with Crippen LogP contribution in [0.25, 0.3) is 0 Å². The van der Waals surface area contributed by atoms with Gasteiger partial charge in [-0.05, 0) is 24.6 Å². The van der Waals surface area contributed by atoms with Gasteiger partial charge < -0.3 is 15.7 Å². The van der Waals surface area contributed by atoms with Gasteiger partial charge in [-0.3, -0.25) is 9.78 Å². The topological polar surface area (TPSA) is 79.5 Å². The van der Waals surface area contributed by atoms with Crippen LogP contribution in [-0.4, -0.2) is 40.5 Å². The van der Waals surface area contributed by atoms with Crippen molar-refractivity contribution >= 4 is 30.7 Å². The number of carbonyl (C=O) groups excluding carboxylic acids is 1. The van der Waals surface area contributed by atoms with Gasteiger partial charge in [-0.15, -0.1) is 24.8 Å². The first-order valence-corrected chi connectivity index (χ1v) is 5.16. The van der Waals surface area contributed by atoms with Crippen molar-refractivity contribution in [2.75, 3.05) is 13.6 Å². The Hall–Kier alpha value is -0.880. The number of nitrogens with two attached hydrogens (primary N) is 1. The van der Waals surface area contributed by atoms with Crippen molar-refractivity contribution in [1.82, 2.24) is 9.88 Å². The molecule has 0 saturated carbocycles. The number of amides is 1. The predicted molar refractivity (Wildman–Crippen MR) is 75.0 cm³/mol. The predicted octanol–water partition coefficient (Wildman–Crippen LogP) is 0.764. The molecule has 7 heteroatoms. The van der Waals surface area contributed by atoms with Gasteiger partial charge in [0, 0.05) is 26.0 Å². The third-order valence-corrected chi connectivity index (χ3v) is 2.52. The highest BCUT2D eigenvalue weighted by atomic mass is 35.5. The highest BCUT2D eigenvalue weighted by Crippen LogP contribution is 2.15. The second-order valence-electron chi connectivity index (χ2n) is 3.60. The SMILES string of the molecule is CCN(C)C(=O)C(N)C(O)c1ccncc1.Cl.Cl. The van der Waals surface area contributed by atoms with Crippen molar-refractivity contribution in [2.24, 2.45) is 5.73 Å². The largest absolute Gasteiger partial charge is 0.386 e. The highest BCUT2D eigenvalue weighted by molar-refractivity contribution is 5.85. The first-order valence-electron chi connectivity index (χ1n) is 5.16. The Kier molecular flexibility index (Phi) is 9.84. The maximum absolute atomic E-state index is 11.7. The summed E-state index contributed by atoms with van der Waals surface area (Å²) in [6.07, 6.45) is 2.11. The standard InChI is InChI=1S/C11H17N3O2.2ClH/c1-3-14(2)11(16)9(12)10(15)8-4-6-13-7-5-8;;/h4-7,9-10,15H,3,12H2,1-2H3;2*1H. The lowest BCUT2D eigenvalue weighted by Crippen LogP contribution is -2.45. The summed E-state index contributed by atoms with van der Waals surface area (Å²) in [4.78, 5) is 17.0. The van der Waals surface area contributed by atoms with Crippen molar-refractivity contribution in [3.05, 3.63) is 30.1 Å². The third kappa shape index (κ3) is 4.78. The number of rotatable bonds is 4. The minimum atomic E-state index is -0.996. The number of pyridine rings is 1. The molecule has 1 amide bonds. The van der Waals surface area contributed by atoms with Crippen molar-refractivity contribution in [3.63, 3.8) is 0 Å². The lowest BCUT2D eigenvalue weighted by Gasteiger charge is -2.23. The lowest BCUT2D eigenvalue weighted by molar-refractivity contribution is -0.133. The summed E-state index contributed by atoms with van der Waals surface area (Å²) in [6, 6.07) is 2.35. The Labute approximate surface area is 119 Å². The molecule has 2 unspecified atom stereocenters. The number of aromatic nitrogens is 1. The third-order valence-electron chi connectivity index (χ3n) is 2.52. The first kappa shape index (κ1) is 19.5. The molecular formula is C11H19Cl2N3O2. The normalized spacial score (nSPS) is 12.7. The van der Waals surface area contributed by atoms with E-state index >= 15 is 0 Å². The van der Waals surface area contributed by atoms with E-state index in [0.29, 0.717) is 12.1 Å². The Bertz CT molecular complexity index is 351. The van der Waals surface area contributed by atoms with E-state index < -0.39 is 12.1 Å². The van der Waals surface area contributed by atoms with Crippen LogP contribution < -0.4 is 5.73 Å². The summed E-state index contributed by atoms with van der Waals surface area (Å²) < 4.78 is 0. The Morgan fingerprint density at radius 3 is 2.39 bits per heavy atom. The lowest BCUT2D eigenvalue weighted by atomic mass is 10.0.